The van der Waals surface area contributed by atoms with Crippen LogP contribution in [0.5, 0.6) is 5.88 Å². The molecule has 0 radical (unpaired) electrons. The van der Waals surface area contributed by atoms with Crippen molar-refractivity contribution >= 4 is 0 Å². The first kappa shape index (κ1) is 17.9. The van der Waals surface area contributed by atoms with Crippen molar-refractivity contribution in [2.45, 2.75) is 39.3 Å². The van der Waals surface area contributed by atoms with E-state index in [1.807, 2.05) is 12.1 Å². The van der Waals surface area contributed by atoms with Crippen LogP contribution in [0.3, 0.4) is 0 Å². The second kappa shape index (κ2) is 9.71. The van der Waals surface area contributed by atoms with Crippen molar-refractivity contribution in [3.05, 3.63) is 23.9 Å². The Balaban J connectivity index is 2.23. The Morgan fingerprint density at radius 2 is 1.95 bits per heavy atom. The molecule has 0 amide bonds. The van der Waals surface area contributed by atoms with Crippen LogP contribution in [0.4, 0.5) is 0 Å². The van der Waals surface area contributed by atoms with Gasteiger partial charge in [-0.25, -0.2) is 4.98 Å². The molecule has 0 aromatic carbocycles. The first-order chi connectivity index (χ1) is 10.0. The molecule has 5 heteroatoms. The summed E-state index contributed by atoms with van der Waals surface area (Å²) in [5.74, 6) is 0.667. The van der Waals surface area contributed by atoms with E-state index in [1.54, 1.807) is 13.3 Å². The van der Waals surface area contributed by atoms with Crippen molar-refractivity contribution in [2.24, 2.45) is 0 Å². The number of ether oxygens (including phenoxy) is 3. The lowest BCUT2D eigenvalue weighted by atomic mass is 10.1. The summed E-state index contributed by atoms with van der Waals surface area (Å²) in [6, 6.07) is 3.98. The molecule has 0 saturated heterocycles. The molecular formula is C16H28N2O3. The normalized spacial score (nSPS) is 11.6. The molecule has 0 fully saturated rings. The van der Waals surface area contributed by atoms with Crippen LogP contribution in [-0.2, 0) is 16.0 Å². The molecule has 0 atom stereocenters. The van der Waals surface area contributed by atoms with E-state index in [0.717, 1.165) is 13.0 Å². The Bertz CT molecular complexity index is 391. The van der Waals surface area contributed by atoms with Crippen molar-refractivity contribution in [3.63, 3.8) is 0 Å². The number of pyridine rings is 1. The van der Waals surface area contributed by atoms with Gasteiger partial charge in [0, 0.05) is 44.5 Å². The predicted octanol–water partition coefficient (Wildman–Crippen LogP) is 2.40. The first-order valence-electron chi connectivity index (χ1n) is 7.41. The second-order valence-electron chi connectivity index (χ2n) is 5.91. The minimum absolute atomic E-state index is 0.101. The molecule has 1 aromatic rings. The SMILES string of the molecule is COCCOCCCOc1cc(CNC(C)(C)C)ccn1. The molecule has 0 unspecified atom stereocenters. The highest BCUT2D eigenvalue weighted by Gasteiger charge is 2.08. The quantitative estimate of drug-likeness (QED) is 0.672. The predicted molar refractivity (Wildman–Crippen MR) is 83.6 cm³/mol. The van der Waals surface area contributed by atoms with Crippen LogP contribution in [0, 0.1) is 0 Å². The van der Waals surface area contributed by atoms with Crippen LogP contribution < -0.4 is 10.1 Å². The molecule has 120 valence electrons. The van der Waals surface area contributed by atoms with E-state index in [2.05, 4.69) is 31.1 Å². The number of methoxy groups -OCH3 is 1. The third-order valence-electron chi connectivity index (χ3n) is 2.74. The van der Waals surface area contributed by atoms with Gasteiger partial charge in [-0.05, 0) is 32.4 Å². The van der Waals surface area contributed by atoms with Crippen molar-refractivity contribution in [1.82, 2.24) is 10.3 Å². The largest absolute Gasteiger partial charge is 0.478 e. The fourth-order valence-electron chi connectivity index (χ4n) is 1.59. The number of nitrogens with zero attached hydrogens (tertiary/aromatic N) is 1. The molecule has 0 saturated carbocycles. The number of hydrogen-bond donors (Lipinski definition) is 1. The van der Waals surface area contributed by atoms with Crippen molar-refractivity contribution in [2.75, 3.05) is 33.5 Å². The van der Waals surface area contributed by atoms with Crippen LogP contribution in [0.25, 0.3) is 0 Å². The van der Waals surface area contributed by atoms with Gasteiger partial charge in [-0.2, -0.15) is 0 Å². The summed E-state index contributed by atoms with van der Waals surface area (Å²) in [7, 11) is 1.67. The summed E-state index contributed by atoms with van der Waals surface area (Å²) in [5, 5.41) is 3.45. The van der Waals surface area contributed by atoms with Gasteiger partial charge in [-0.3, -0.25) is 0 Å². The maximum absolute atomic E-state index is 5.64. The highest BCUT2D eigenvalue weighted by molar-refractivity contribution is 5.20. The third-order valence-corrected chi connectivity index (χ3v) is 2.74. The maximum Gasteiger partial charge on any atom is 0.213 e. The Morgan fingerprint density at radius 1 is 1.14 bits per heavy atom. The lowest BCUT2D eigenvalue weighted by Gasteiger charge is -2.20. The Labute approximate surface area is 128 Å². The highest BCUT2D eigenvalue weighted by Crippen LogP contribution is 2.11. The van der Waals surface area contributed by atoms with E-state index in [1.165, 1.54) is 5.56 Å². The third kappa shape index (κ3) is 9.39. The molecule has 1 rings (SSSR count). The molecule has 1 heterocycles. The van der Waals surface area contributed by atoms with E-state index in [-0.39, 0.29) is 5.54 Å². The number of rotatable bonds is 10. The van der Waals surface area contributed by atoms with Crippen molar-refractivity contribution < 1.29 is 14.2 Å². The lowest BCUT2D eigenvalue weighted by Crippen LogP contribution is -2.35. The molecule has 0 aliphatic rings. The lowest BCUT2D eigenvalue weighted by molar-refractivity contribution is 0.0642. The van der Waals surface area contributed by atoms with Crippen molar-refractivity contribution in [1.29, 1.82) is 0 Å². The number of nitrogens with one attached hydrogen (secondary N) is 1. The van der Waals surface area contributed by atoms with Gasteiger partial charge in [0.2, 0.25) is 5.88 Å². The summed E-state index contributed by atoms with van der Waals surface area (Å²) >= 11 is 0. The van der Waals surface area contributed by atoms with Crippen LogP contribution >= 0.6 is 0 Å². The van der Waals surface area contributed by atoms with Gasteiger partial charge >= 0.3 is 0 Å². The molecule has 0 aliphatic heterocycles. The zero-order valence-electron chi connectivity index (χ0n) is 13.6. The minimum atomic E-state index is 0.101. The van der Waals surface area contributed by atoms with Gasteiger partial charge in [0.05, 0.1) is 19.8 Å². The monoisotopic (exact) mass is 296 g/mol. The van der Waals surface area contributed by atoms with Gasteiger partial charge in [-0.15, -0.1) is 0 Å². The minimum Gasteiger partial charge on any atom is -0.478 e. The summed E-state index contributed by atoms with van der Waals surface area (Å²) in [5.41, 5.74) is 1.27. The maximum atomic E-state index is 5.64. The van der Waals surface area contributed by atoms with Gasteiger partial charge in [0.15, 0.2) is 0 Å². The number of hydrogen-bond acceptors (Lipinski definition) is 5. The fraction of sp³-hybridized carbons (Fsp3) is 0.688. The topological polar surface area (TPSA) is 52.6 Å². The molecule has 5 nitrogen and oxygen atoms in total. The Kier molecular flexibility index (Phi) is 8.27. The molecule has 1 N–H and O–H groups in total. The van der Waals surface area contributed by atoms with Crippen molar-refractivity contribution in [3.8, 4) is 5.88 Å². The molecule has 1 aromatic heterocycles. The summed E-state index contributed by atoms with van der Waals surface area (Å²) in [6.45, 7) is 9.79. The zero-order chi connectivity index (χ0) is 15.6. The van der Waals surface area contributed by atoms with E-state index in [9.17, 15) is 0 Å². The Hall–Kier alpha value is -1.17. The standard InChI is InChI=1S/C16H28N2O3/c1-16(2,3)18-13-14-6-7-17-15(12-14)21-9-5-8-20-11-10-19-4/h6-7,12,18H,5,8-11,13H2,1-4H3. The smallest absolute Gasteiger partial charge is 0.213 e. The summed E-state index contributed by atoms with van der Waals surface area (Å²) in [4.78, 5) is 4.22. The average molecular weight is 296 g/mol. The first-order valence-corrected chi connectivity index (χ1v) is 7.41. The van der Waals surface area contributed by atoms with E-state index in [0.29, 0.717) is 32.3 Å². The van der Waals surface area contributed by atoms with Crippen LogP contribution in [0.2, 0.25) is 0 Å². The van der Waals surface area contributed by atoms with Gasteiger partial charge in [-0.1, -0.05) is 0 Å². The second-order valence-corrected chi connectivity index (χ2v) is 5.91. The van der Waals surface area contributed by atoms with E-state index >= 15 is 0 Å². The molecule has 0 aliphatic carbocycles. The number of aromatic nitrogens is 1. The van der Waals surface area contributed by atoms with Crippen LogP contribution in [0.1, 0.15) is 32.8 Å². The zero-order valence-corrected chi connectivity index (χ0v) is 13.6. The average Bonchev–Trinajstić information content (AvgIpc) is 2.44. The summed E-state index contributed by atoms with van der Waals surface area (Å²) in [6.07, 6.45) is 2.62. The van der Waals surface area contributed by atoms with Gasteiger partial charge < -0.3 is 19.5 Å². The van der Waals surface area contributed by atoms with E-state index < -0.39 is 0 Å². The van der Waals surface area contributed by atoms with Crippen LogP contribution in [-0.4, -0.2) is 44.1 Å². The molecule has 0 spiro atoms. The summed E-state index contributed by atoms with van der Waals surface area (Å²) < 4.78 is 15.9. The Morgan fingerprint density at radius 3 is 2.67 bits per heavy atom. The molecular weight excluding hydrogens is 268 g/mol. The van der Waals surface area contributed by atoms with Gasteiger partial charge in [0.25, 0.3) is 0 Å². The van der Waals surface area contributed by atoms with Gasteiger partial charge in [0.1, 0.15) is 0 Å². The molecule has 0 bridgehead atoms. The van der Waals surface area contributed by atoms with Crippen LogP contribution in [0.15, 0.2) is 18.3 Å². The highest BCUT2D eigenvalue weighted by atomic mass is 16.5. The van der Waals surface area contributed by atoms with E-state index in [4.69, 9.17) is 14.2 Å². The fourth-order valence-corrected chi connectivity index (χ4v) is 1.59. The molecule has 21 heavy (non-hydrogen) atoms.